The average Bonchev–Trinajstić information content (AvgIpc) is 2.70. The summed E-state index contributed by atoms with van der Waals surface area (Å²) in [5, 5.41) is 4.15. The molecule has 0 radical (unpaired) electrons. The molecule has 1 atom stereocenters. The summed E-state index contributed by atoms with van der Waals surface area (Å²) in [6, 6.07) is 2.29. The fraction of sp³-hybridized carbons (Fsp3) is 0.750. The number of aromatic nitrogens is 2. The van der Waals surface area contributed by atoms with Gasteiger partial charge < -0.3 is 4.74 Å². The maximum Gasteiger partial charge on any atom is 0.0638 e. The Morgan fingerprint density at radius 1 is 1.59 bits per heavy atom. The van der Waals surface area contributed by atoms with Crippen molar-refractivity contribution < 1.29 is 4.74 Å². The fourth-order valence-corrected chi connectivity index (χ4v) is 1.89. The maximum atomic E-state index is 5.58. The summed E-state index contributed by atoms with van der Waals surface area (Å²) in [6.45, 7) is 4.14. The lowest BCUT2D eigenvalue weighted by Gasteiger charge is -2.28. The van der Waals surface area contributed by atoms with Crippen LogP contribution in [0.1, 0.15) is 32.4 Å². The zero-order chi connectivity index (χ0) is 12.9. The van der Waals surface area contributed by atoms with Gasteiger partial charge in [-0.3, -0.25) is 16.0 Å². The zero-order valence-corrected chi connectivity index (χ0v) is 11.2. The summed E-state index contributed by atoms with van der Waals surface area (Å²) in [4.78, 5) is 0. The number of hydrazine groups is 1. The van der Waals surface area contributed by atoms with Crippen LogP contribution in [0.5, 0.6) is 0 Å². The van der Waals surface area contributed by atoms with Crippen LogP contribution in [0.15, 0.2) is 12.3 Å². The number of nitrogens with two attached hydrogens (primary N) is 1. The molecule has 3 N–H and O–H groups in total. The van der Waals surface area contributed by atoms with Crippen molar-refractivity contribution in [2.24, 2.45) is 12.9 Å². The Bertz CT molecular complexity index is 335. The molecule has 1 aromatic rings. The fourth-order valence-electron chi connectivity index (χ4n) is 1.89. The van der Waals surface area contributed by atoms with Gasteiger partial charge in [0.25, 0.3) is 0 Å². The Morgan fingerprint density at radius 2 is 2.29 bits per heavy atom. The van der Waals surface area contributed by atoms with E-state index in [4.69, 9.17) is 10.6 Å². The second kappa shape index (κ2) is 6.14. The predicted octanol–water partition coefficient (Wildman–Crippen LogP) is 1.000. The lowest BCUT2D eigenvalue weighted by atomic mass is 9.95. The molecule has 0 saturated carbocycles. The van der Waals surface area contributed by atoms with Crippen molar-refractivity contribution in [3.63, 3.8) is 0 Å². The molecule has 0 spiro atoms. The van der Waals surface area contributed by atoms with E-state index in [2.05, 4.69) is 24.4 Å². The SMILES string of the molecule is COC(C)(C)CC(CCc1ccnn1C)NN. The van der Waals surface area contributed by atoms with Crippen LogP contribution in [-0.4, -0.2) is 28.5 Å². The van der Waals surface area contributed by atoms with Gasteiger partial charge >= 0.3 is 0 Å². The minimum atomic E-state index is -0.149. The third-order valence-corrected chi connectivity index (χ3v) is 3.20. The first kappa shape index (κ1) is 14.2. The Morgan fingerprint density at radius 3 is 2.76 bits per heavy atom. The molecule has 5 heteroatoms. The van der Waals surface area contributed by atoms with Gasteiger partial charge in [-0.05, 0) is 39.2 Å². The Kier molecular flexibility index (Phi) is 5.11. The summed E-state index contributed by atoms with van der Waals surface area (Å²) < 4.78 is 7.32. The largest absolute Gasteiger partial charge is 0.379 e. The highest BCUT2D eigenvalue weighted by Crippen LogP contribution is 2.18. The number of nitrogens with one attached hydrogen (secondary N) is 1. The third-order valence-electron chi connectivity index (χ3n) is 3.20. The molecule has 0 aliphatic rings. The molecule has 1 heterocycles. The van der Waals surface area contributed by atoms with E-state index in [-0.39, 0.29) is 11.6 Å². The lowest BCUT2D eigenvalue weighted by Crippen LogP contribution is -2.41. The van der Waals surface area contributed by atoms with Gasteiger partial charge in [0.1, 0.15) is 0 Å². The standard InChI is InChI=1S/C12H24N4O/c1-12(2,17-4)9-10(15-13)5-6-11-7-8-14-16(11)3/h7-8,10,15H,5-6,9,13H2,1-4H3. The molecule has 1 rings (SSSR count). The summed E-state index contributed by atoms with van der Waals surface area (Å²) in [5.74, 6) is 5.58. The molecule has 98 valence electrons. The smallest absolute Gasteiger partial charge is 0.0638 e. The maximum absolute atomic E-state index is 5.58. The van der Waals surface area contributed by atoms with Crippen LogP contribution in [0.2, 0.25) is 0 Å². The average molecular weight is 240 g/mol. The molecular weight excluding hydrogens is 216 g/mol. The first-order chi connectivity index (χ1) is 7.98. The van der Waals surface area contributed by atoms with Gasteiger partial charge in [-0.15, -0.1) is 0 Å². The van der Waals surface area contributed by atoms with E-state index in [1.807, 2.05) is 24.0 Å². The Labute approximate surface area is 103 Å². The second-order valence-electron chi connectivity index (χ2n) is 5.02. The molecule has 0 aliphatic carbocycles. The summed E-state index contributed by atoms with van der Waals surface area (Å²) in [6.07, 6.45) is 4.64. The number of nitrogens with zero attached hydrogens (tertiary/aromatic N) is 2. The number of hydrogen-bond donors (Lipinski definition) is 2. The first-order valence-electron chi connectivity index (χ1n) is 5.96. The van der Waals surface area contributed by atoms with E-state index in [1.165, 1.54) is 5.69 Å². The van der Waals surface area contributed by atoms with Gasteiger partial charge in [0.05, 0.1) is 5.60 Å². The van der Waals surface area contributed by atoms with Crippen LogP contribution in [0.25, 0.3) is 0 Å². The number of rotatable bonds is 7. The van der Waals surface area contributed by atoms with Crippen LogP contribution < -0.4 is 11.3 Å². The summed E-state index contributed by atoms with van der Waals surface area (Å²) in [5.41, 5.74) is 3.94. The highest BCUT2D eigenvalue weighted by atomic mass is 16.5. The van der Waals surface area contributed by atoms with Crippen molar-refractivity contribution >= 4 is 0 Å². The van der Waals surface area contributed by atoms with E-state index < -0.39 is 0 Å². The van der Waals surface area contributed by atoms with Crippen LogP contribution >= 0.6 is 0 Å². The third kappa shape index (κ3) is 4.46. The highest BCUT2D eigenvalue weighted by molar-refractivity contribution is 5.00. The highest BCUT2D eigenvalue weighted by Gasteiger charge is 2.22. The van der Waals surface area contributed by atoms with Gasteiger partial charge in [0.15, 0.2) is 0 Å². The number of methoxy groups -OCH3 is 1. The molecule has 17 heavy (non-hydrogen) atoms. The second-order valence-corrected chi connectivity index (χ2v) is 5.02. The van der Waals surface area contributed by atoms with E-state index in [1.54, 1.807) is 7.11 Å². The van der Waals surface area contributed by atoms with Crippen molar-refractivity contribution in [1.29, 1.82) is 0 Å². The molecule has 0 amide bonds. The van der Waals surface area contributed by atoms with Crippen molar-refractivity contribution in [3.8, 4) is 0 Å². The molecule has 5 nitrogen and oxygen atoms in total. The van der Waals surface area contributed by atoms with Gasteiger partial charge in [-0.2, -0.15) is 5.10 Å². The van der Waals surface area contributed by atoms with Crippen LogP contribution in [0.3, 0.4) is 0 Å². The number of ether oxygens (including phenoxy) is 1. The Balaban J connectivity index is 2.45. The van der Waals surface area contributed by atoms with E-state index in [0.717, 1.165) is 19.3 Å². The van der Waals surface area contributed by atoms with Crippen LogP contribution in [-0.2, 0) is 18.2 Å². The van der Waals surface area contributed by atoms with Crippen molar-refractivity contribution in [3.05, 3.63) is 18.0 Å². The first-order valence-corrected chi connectivity index (χ1v) is 5.96. The predicted molar refractivity (Wildman–Crippen MR) is 68.3 cm³/mol. The molecule has 1 aromatic heterocycles. The van der Waals surface area contributed by atoms with E-state index in [0.29, 0.717) is 0 Å². The Hall–Kier alpha value is -0.910. The topological polar surface area (TPSA) is 65.1 Å². The van der Waals surface area contributed by atoms with E-state index >= 15 is 0 Å². The van der Waals surface area contributed by atoms with Crippen molar-refractivity contribution in [2.45, 2.75) is 44.8 Å². The zero-order valence-electron chi connectivity index (χ0n) is 11.2. The summed E-state index contributed by atoms with van der Waals surface area (Å²) in [7, 11) is 3.69. The molecule has 0 bridgehead atoms. The summed E-state index contributed by atoms with van der Waals surface area (Å²) >= 11 is 0. The number of hydrogen-bond acceptors (Lipinski definition) is 4. The minimum absolute atomic E-state index is 0.149. The lowest BCUT2D eigenvalue weighted by molar-refractivity contribution is 0.00636. The monoisotopic (exact) mass is 240 g/mol. The molecule has 0 aliphatic heterocycles. The van der Waals surface area contributed by atoms with E-state index in [9.17, 15) is 0 Å². The van der Waals surface area contributed by atoms with Gasteiger partial charge in [-0.1, -0.05) is 0 Å². The van der Waals surface area contributed by atoms with Crippen LogP contribution in [0, 0.1) is 0 Å². The molecule has 0 aromatic carbocycles. The molecule has 0 saturated heterocycles. The van der Waals surface area contributed by atoms with Crippen molar-refractivity contribution in [1.82, 2.24) is 15.2 Å². The van der Waals surface area contributed by atoms with Gasteiger partial charge in [-0.25, -0.2) is 0 Å². The van der Waals surface area contributed by atoms with Crippen LogP contribution in [0.4, 0.5) is 0 Å². The molecule has 0 fully saturated rings. The molecular formula is C12H24N4O. The number of aryl methyl sites for hydroxylation is 2. The minimum Gasteiger partial charge on any atom is -0.379 e. The quantitative estimate of drug-likeness (QED) is 0.551. The van der Waals surface area contributed by atoms with Crippen molar-refractivity contribution in [2.75, 3.05) is 7.11 Å². The molecule has 1 unspecified atom stereocenters. The van der Waals surface area contributed by atoms with Gasteiger partial charge in [0.2, 0.25) is 0 Å². The van der Waals surface area contributed by atoms with Gasteiger partial charge in [0, 0.05) is 32.1 Å². The normalized spacial score (nSPS) is 13.9.